The number of rotatable bonds is 3. The van der Waals surface area contributed by atoms with Crippen molar-refractivity contribution in [3.8, 4) is 56.4 Å². The van der Waals surface area contributed by atoms with E-state index in [1.165, 1.54) is 54.7 Å². The molecule has 0 spiro atoms. The molecule has 3 heteroatoms. The molecular formula is C44H27BO2. The summed E-state index contributed by atoms with van der Waals surface area (Å²) < 4.78 is 13.3. The van der Waals surface area contributed by atoms with Crippen LogP contribution in [0.15, 0.2) is 164 Å². The van der Waals surface area contributed by atoms with Crippen LogP contribution in [0.1, 0.15) is 0 Å². The maximum absolute atomic E-state index is 6.64. The molecule has 2 nitrogen and oxygen atoms in total. The van der Waals surface area contributed by atoms with E-state index in [9.17, 15) is 0 Å². The van der Waals surface area contributed by atoms with Gasteiger partial charge in [0.05, 0.1) is 0 Å². The molecule has 2 aliphatic rings. The summed E-state index contributed by atoms with van der Waals surface area (Å²) in [6.45, 7) is 0.0602. The molecule has 0 saturated heterocycles. The Morgan fingerprint density at radius 1 is 0.319 bits per heavy atom. The summed E-state index contributed by atoms with van der Waals surface area (Å²) in [6.07, 6.45) is 0. The van der Waals surface area contributed by atoms with Gasteiger partial charge < -0.3 is 9.47 Å². The fraction of sp³-hybridized carbons (Fsp3) is 0. The average molecular weight is 599 g/mol. The number of fused-ring (bicyclic) bond motifs is 6. The Bertz CT molecular complexity index is 2450. The molecule has 8 aromatic rings. The van der Waals surface area contributed by atoms with Crippen molar-refractivity contribution >= 4 is 44.6 Å². The van der Waals surface area contributed by atoms with Crippen LogP contribution in [-0.4, -0.2) is 6.71 Å². The van der Waals surface area contributed by atoms with Crippen LogP contribution in [0.25, 0.3) is 54.9 Å². The van der Waals surface area contributed by atoms with Crippen LogP contribution in [0, 0.1) is 0 Å². The minimum Gasteiger partial charge on any atom is -0.458 e. The first kappa shape index (κ1) is 26.2. The Balaban J connectivity index is 1.24. The van der Waals surface area contributed by atoms with Crippen LogP contribution < -0.4 is 25.9 Å². The summed E-state index contributed by atoms with van der Waals surface area (Å²) in [4.78, 5) is 0. The number of hydrogen-bond donors (Lipinski definition) is 0. The van der Waals surface area contributed by atoms with Crippen molar-refractivity contribution in [2.45, 2.75) is 0 Å². The van der Waals surface area contributed by atoms with Gasteiger partial charge in [0.15, 0.2) is 0 Å². The van der Waals surface area contributed by atoms with Crippen LogP contribution in [0.3, 0.4) is 0 Å². The van der Waals surface area contributed by atoms with Crippen molar-refractivity contribution in [3.05, 3.63) is 164 Å². The molecule has 0 aliphatic carbocycles. The first-order valence-electron chi connectivity index (χ1n) is 16.1. The smallest absolute Gasteiger partial charge is 0.260 e. The van der Waals surface area contributed by atoms with E-state index in [1.807, 2.05) is 12.1 Å². The number of benzene rings is 8. The molecular weight excluding hydrogens is 571 g/mol. The second kappa shape index (κ2) is 10.2. The normalized spacial score (nSPS) is 12.6. The van der Waals surface area contributed by atoms with E-state index in [1.54, 1.807) is 0 Å². The van der Waals surface area contributed by atoms with Gasteiger partial charge in [-0.25, -0.2) is 0 Å². The van der Waals surface area contributed by atoms with Gasteiger partial charge in [-0.15, -0.1) is 0 Å². The van der Waals surface area contributed by atoms with Gasteiger partial charge in [-0.3, -0.25) is 0 Å². The molecule has 0 atom stereocenters. The Morgan fingerprint density at radius 2 is 0.787 bits per heavy atom. The van der Waals surface area contributed by atoms with E-state index in [0.29, 0.717) is 0 Å². The molecule has 2 heterocycles. The van der Waals surface area contributed by atoms with Crippen molar-refractivity contribution in [2.75, 3.05) is 0 Å². The van der Waals surface area contributed by atoms with Gasteiger partial charge in [0.25, 0.3) is 6.71 Å². The fourth-order valence-corrected chi connectivity index (χ4v) is 7.75. The third kappa shape index (κ3) is 4.00. The summed E-state index contributed by atoms with van der Waals surface area (Å²) in [5.41, 5.74) is 10.5. The minimum atomic E-state index is 0.0602. The Morgan fingerprint density at radius 3 is 1.36 bits per heavy atom. The highest BCUT2D eigenvalue weighted by molar-refractivity contribution is 6.98. The minimum absolute atomic E-state index is 0.0602. The monoisotopic (exact) mass is 598 g/mol. The maximum atomic E-state index is 6.64. The molecule has 8 aromatic carbocycles. The van der Waals surface area contributed by atoms with Crippen LogP contribution in [0.4, 0.5) is 0 Å². The first-order valence-corrected chi connectivity index (χ1v) is 16.1. The van der Waals surface area contributed by atoms with E-state index < -0.39 is 0 Å². The number of hydrogen-bond acceptors (Lipinski definition) is 2. The summed E-state index contributed by atoms with van der Waals surface area (Å²) in [6, 6.07) is 58.4. The van der Waals surface area contributed by atoms with Crippen LogP contribution in [0.2, 0.25) is 0 Å². The summed E-state index contributed by atoms with van der Waals surface area (Å²) in [5.74, 6) is 3.49. The van der Waals surface area contributed by atoms with Gasteiger partial charge in [-0.1, -0.05) is 133 Å². The van der Waals surface area contributed by atoms with E-state index in [2.05, 4.69) is 152 Å². The lowest BCUT2D eigenvalue weighted by Crippen LogP contribution is -2.57. The summed E-state index contributed by atoms with van der Waals surface area (Å²) >= 11 is 0. The third-order valence-electron chi connectivity index (χ3n) is 9.77. The highest BCUT2D eigenvalue weighted by Crippen LogP contribution is 2.45. The van der Waals surface area contributed by atoms with Crippen molar-refractivity contribution in [3.63, 3.8) is 0 Å². The SMILES string of the molecule is c1ccc(-c2c3ccccc3c(-c3ccccc3)c3cc(-c4cc5c6c(c4)Oc4ccccc4B6c4ccccc4O5)ccc23)cc1. The lowest BCUT2D eigenvalue weighted by Gasteiger charge is -2.33. The zero-order valence-electron chi connectivity index (χ0n) is 25.5. The van der Waals surface area contributed by atoms with Gasteiger partial charge in [0.1, 0.15) is 23.0 Å². The van der Waals surface area contributed by atoms with Gasteiger partial charge in [-0.05, 0) is 96.2 Å². The van der Waals surface area contributed by atoms with Gasteiger partial charge in [-0.2, -0.15) is 0 Å². The molecule has 0 radical (unpaired) electrons. The molecule has 0 fully saturated rings. The quantitative estimate of drug-likeness (QED) is 0.149. The molecule has 0 saturated carbocycles. The third-order valence-corrected chi connectivity index (χ3v) is 9.77. The van der Waals surface area contributed by atoms with Gasteiger partial charge in [0, 0.05) is 5.46 Å². The van der Waals surface area contributed by atoms with E-state index in [-0.39, 0.29) is 6.71 Å². The first-order chi connectivity index (χ1) is 23.3. The molecule has 0 N–H and O–H groups in total. The number of ether oxygens (including phenoxy) is 2. The largest absolute Gasteiger partial charge is 0.458 e. The lowest BCUT2D eigenvalue weighted by molar-refractivity contribution is 0.465. The maximum Gasteiger partial charge on any atom is 0.260 e. The van der Waals surface area contributed by atoms with E-state index in [0.717, 1.165) is 39.6 Å². The van der Waals surface area contributed by atoms with E-state index >= 15 is 0 Å². The predicted molar refractivity (Wildman–Crippen MR) is 195 cm³/mol. The van der Waals surface area contributed by atoms with E-state index in [4.69, 9.17) is 9.47 Å². The zero-order chi connectivity index (χ0) is 30.9. The van der Waals surface area contributed by atoms with Gasteiger partial charge in [0.2, 0.25) is 0 Å². The van der Waals surface area contributed by atoms with Crippen LogP contribution in [0.5, 0.6) is 23.0 Å². The molecule has 0 unspecified atom stereocenters. The Kier molecular flexibility index (Phi) is 5.70. The lowest BCUT2D eigenvalue weighted by atomic mass is 9.35. The van der Waals surface area contributed by atoms with Gasteiger partial charge >= 0.3 is 0 Å². The summed E-state index contributed by atoms with van der Waals surface area (Å²) in [7, 11) is 0. The topological polar surface area (TPSA) is 18.5 Å². The summed E-state index contributed by atoms with van der Waals surface area (Å²) in [5, 5.41) is 4.94. The molecule has 0 bridgehead atoms. The van der Waals surface area contributed by atoms with Crippen molar-refractivity contribution < 1.29 is 9.47 Å². The fourth-order valence-electron chi connectivity index (χ4n) is 7.75. The van der Waals surface area contributed by atoms with Crippen LogP contribution in [-0.2, 0) is 0 Å². The van der Waals surface area contributed by atoms with Crippen LogP contribution >= 0.6 is 0 Å². The second-order valence-corrected chi connectivity index (χ2v) is 12.4. The Labute approximate surface area is 273 Å². The Hall–Kier alpha value is -6.06. The predicted octanol–water partition coefficient (Wildman–Crippen LogP) is 9.72. The average Bonchev–Trinajstić information content (AvgIpc) is 3.14. The molecule has 0 amide bonds. The molecule has 2 aliphatic heterocycles. The standard InChI is InChI=1S/C44H27BO2/c1-3-13-28(14-4-1)42-32-17-7-8-18-33(32)43(29-15-5-2-6-16-29)35-25-30(23-24-34(35)42)31-26-40-44-41(27-31)47-39-22-12-10-20-37(39)45(44)36-19-9-11-21-38(36)46-40/h1-27H. The molecule has 47 heavy (non-hydrogen) atoms. The second-order valence-electron chi connectivity index (χ2n) is 12.4. The van der Waals surface area contributed by atoms with Crippen molar-refractivity contribution in [1.29, 1.82) is 0 Å². The molecule has 218 valence electrons. The van der Waals surface area contributed by atoms with Crippen molar-refractivity contribution in [2.24, 2.45) is 0 Å². The molecule has 10 rings (SSSR count). The number of para-hydroxylation sites is 2. The zero-order valence-corrected chi connectivity index (χ0v) is 25.5. The highest BCUT2D eigenvalue weighted by Gasteiger charge is 2.40. The highest BCUT2D eigenvalue weighted by atomic mass is 16.5. The van der Waals surface area contributed by atoms with Crippen molar-refractivity contribution in [1.82, 2.24) is 0 Å². The molecule has 0 aromatic heterocycles.